The van der Waals surface area contributed by atoms with Gasteiger partial charge in [0.1, 0.15) is 23.8 Å². The molecule has 3 aromatic rings. The normalized spacial score (nSPS) is 11.2. The maximum absolute atomic E-state index is 12.7. The van der Waals surface area contributed by atoms with Gasteiger partial charge in [-0.15, -0.1) is 0 Å². The molecule has 0 radical (unpaired) electrons. The molecule has 0 amide bonds. The van der Waals surface area contributed by atoms with Gasteiger partial charge >= 0.3 is 5.97 Å². The molecular formula is C23H24N2O5. The van der Waals surface area contributed by atoms with E-state index < -0.39 is 17.1 Å². The summed E-state index contributed by atoms with van der Waals surface area (Å²) in [6.45, 7) is 5.32. The van der Waals surface area contributed by atoms with Crippen LogP contribution in [0.2, 0.25) is 0 Å². The molecule has 0 fully saturated rings. The number of esters is 1. The van der Waals surface area contributed by atoms with Gasteiger partial charge in [-0.25, -0.2) is 9.78 Å². The molecule has 7 nitrogen and oxygen atoms in total. The second-order valence-electron chi connectivity index (χ2n) is 7.81. The van der Waals surface area contributed by atoms with Gasteiger partial charge in [-0.05, 0) is 44.0 Å². The van der Waals surface area contributed by atoms with Crippen molar-refractivity contribution in [3.05, 3.63) is 87.6 Å². The summed E-state index contributed by atoms with van der Waals surface area (Å²) in [5.41, 5.74) is 0.174. The van der Waals surface area contributed by atoms with Crippen LogP contribution in [-0.4, -0.2) is 26.6 Å². The number of aromatic amines is 1. The lowest BCUT2D eigenvalue weighted by Crippen LogP contribution is -2.28. The first-order chi connectivity index (χ1) is 14.2. The van der Waals surface area contributed by atoms with Crippen LogP contribution in [0.15, 0.2) is 59.4 Å². The van der Waals surface area contributed by atoms with E-state index in [4.69, 9.17) is 9.47 Å². The van der Waals surface area contributed by atoms with E-state index in [1.165, 1.54) is 0 Å². The van der Waals surface area contributed by atoms with E-state index in [1.807, 2.05) is 30.3 Å². The zero-order valence-electron chi connectivity index (χ0n) is 17.1. The van der Waals surface area contributed by atoms with Crippen molar-refractivity contribution in [1.29, 1.82) is 0 Å². The average molecular weight is 408 g/mol. The van der Waals surface area contributed by atoms with E-state index in [1.54, 1.807) is 45.0 Å². The van der Waals surface area contributed by atoms with Gasteiger partial charge in [-0.1, -0.05) is 42.5 Å². The van der Waals surface area contributed by atoms with Gasteiger partial charge < -0.3 is 19.6 Å². The number of aromatic nitrogens is 2. The highest BCUT2D eigenvalue weighted by Gasteiger charge is 2.26. The van der Waals surface area contributed by atoms with Crippen LogP contribution in [0.3, 0.4) is 0 Å². The van der Waals surface area contributed by atoms with E-state index in [2.05, 4.69) is 9.97 Å². The summed E-state index contributed by atoms with van der Waals surface area (Å²) in [4.78, 5) is 32.5. The maximum atomic E-state index is 12.7. The third-order valence-corrected chi connectivity index (χ3v) is 4.05. The largest absolute Gasteiger partial charge is 0.508 e. The summed E-state index contributed by atoms with van der Waals surface area (Å²) in [5.74, 6) is -0.482. The Morgan fingerprint density at radius 3 is 2.33 bits per heavy atom. The third-order valence-electron chi connectivity index (χ3n) is 4.05. The molecule has 0 atom stereocenters. The number of carbonyl (C=O) groups is 1. The number of H-pyrrole nitrogens is 1. The van der Waals surface area contributed by atoms with Crippen molar-refractivity contribution in [2.75, 3.05) is 0 Å². The van der Waals surface area contributed by atoms with Gasteiger partial charge in [0, 0.05) is 6.42 Å². The van der Waals surface area contributed by atoms with Crippen LogP contribution in [0.5, 0.6) is 11.5 Å². The third kappa shape index (κ3) is 5.70. The first-order valence-electron chi connectivity index (χ1n) is 9.52. The predicted molar refractivity (Wildman–Crippen MR) is 112 cm³/mol. The fourth-order valence-electron chi connectivity index (χ4n) is 2.73. The minimum atomic E-state index is -0.755. The summed E-state index contributed by atoms with van der Waals surface area (Å²) < 4.78 is 11.1. The van der Waals surface area contributed by atoms with Gasteiger partial charge in [0.15, 0.2) is 5.69 Å². The van der Waals surface area contributed by atoms with Crippen molar-refractivity contribution in [1.82, 2.24) is 9.97 Å². The van der Waals surface area contributed by atoms with Crippen molar-refractivity contribution in [2.24, 2.45) is 0 Å². The van der Waals surface area contributed by atoms with Crippen LogP contribution in [0.4, 0.5) is 0 Å². The van der Waals surface area contributed by atoms with Crippen molar-refractivity contribution in [3.8, 4) is 11.5 Å². The molecule has 0 saturated heterocycles. The molecule has 2 aromatic carbocycles. The van der Waals surface area contributed by atoms with Crippen molar-refractivity contribution < 1.29 is 19.4 Å². The van der Waals surface area contributed by atoms with Crippen molar-refractivity contribution in [2.45, 2.75) is 39.4 Å². The Labute approximate surface area is 174 Å². The second kappa shape index (κ2) is 8.82. The minimum Gasteiger partial charge on any atom is -0.508 e. The Hall–Kier alpha value is -3.61. The number of hydrogen-bond donors (Lipinski definition) is 2. The van der Waals surface area contributed by atoms with Crippen molar-refractivity contribution >= 4 is 5.97 Å². The number of nitrogens with zero attached hydrogens (tertiary/aromatic N) is 1. The Morgan fingerprint density at radius 2 is 1.70 bits per heavy atom. The van der Waals surface area contributed by atoms with E-state index in [0.29, 0.717) is 5.82 Å². The number of carbonyl (C=O) groups excluding carboxylic acids is 1. The van der Waals surface area contributed by atoms with Crippen LogP contribution >= 0.6 is 0 Å². The molecule has 0 aliphatic heterocycles. The van der Waals surface area contributed by atoms with E-state index >= 15 is 0 Å². The quantitative estimate of drug-likeness (QED) is 0.605. The minimum absolute atomic E-state index is 0.110. The number of benzene rings is 2. The SMILES string of the molecule is CC(C)(C)OC(=O)c1nc(Cc2ccc(O)cc2)[nH]c(=O)c1OCc1ccccc1. The number of nitrogens with one attached hydrogen (secondary N) is 1. The molecule has 0 spiro atoms. The number of rotatable bonds is 6. The molecule has 7 heteroatoms. The highest BCUT2D eigenvalue weighted by atomic mass is 16.6. The molecule has 1 heterocycles. The van der Waals surface area contributed by atoms with Crippen LogP contribution in [-0.2, 0) is 17.8 Å². The van der Waals surface area contributed by atoms with Gasteiger partial charge in [-0.2, -0.15) is 0 Å². The molecule has 0 unspecified atom stereocenters. The summed E-state index contributed by atoms with van der Waals surface area (Å²) in [7, 11) is 0. The number of hydrogen-bond acceptors (Lipinski definition) is 6. The van der Waals surface area contributed by atoms with E-state index in [-0.39, 0.29) is 30.2 Å². The van der Waals surface area contributed by atoms with Crippen LogP contribution in [0, 0.1) is 0 Å². The molecule has 0 aliphatic rings. The predicted octanol–water partition coefficient (Wildman–Crippen LogP) is 3.60. The van der Waals surface area contributed by atoms with E-state index in [9.17, 15) is 14.7 Å². The number of phenolic OH excluding ortho intramolecular Hbond substituents is 1. The highest BCUT2D eigenvalue weighted by Crippen LogP contribution is 2.19. The molecule has 156 valence electrons. The number of aromatic hydroxyl groups is 1. The summed E-state index contributed by atoms with van der Waals surface area (Å²) in [6, 6.07) is 15.8. The number of phenols is 1. The van der Waals surface area contributed by atoms with Gasteiger partial charge in [0.2, 0.25) is 5.75 Å². The Balaban J connectivity index is 1.94. The highest BCUT2D eigenvalue weighted by molar-refractivity contribution is 5.90. The lowest BCUT2D eigenvalue weighted by atomic mass is 10.1. The average Bonchev–Trinajstić information content (AvgIpc) is 2.68. The van der Waals surface area contributed by atoms with Crippen LogP contribution in [0.25, 0.3) is 0 Å². The van der Waals surface area contributed by atoms with Crippen molar-refractivity contribution in [3.63, 3.8) is 0 Å². The molecule has 2 N–H and O–H groups in total. The Bertz CT molecular complexity index is 1070. The second-order valence-corrected chi connectivity index (χ2v) is 7.81. The monoisotopic (exact) mass is 408 g/mol. The fourth-order valence-corrected chi connectivity index (χ4v) is 2.73. The van der Waals surface area contributed by atoms with Gasteiger partial charge in [-0.3, -0.25) is 4.79 Å². The first-order valence-corrected chi connectivity index (χ1v) is 9.52. The maximum Gasteiger partial charge on any atom is 0.361 e. The standard InChI is InChI=1S/C23H24N2O5/c1-23(2,3)30-22(28)19-20(29-14-16-7-5-4-6-8-16)21(27)25-18(24-19)13-15-9-11-17(26)12-10-15/h4-12,26H,13-14H2,1-3H3,(H,24,25,27). The van der Waals surface area contributed by atoms with Gasteiger partial charge in [0.05, 0.1) is 0 Å². The van der Waals surface area contributed by atoms with Gasteiger partial charge in [0.25, 0.3) is 5.56 Å². The molecule has 0 saturated carbocycles. The smallest absolute Gasteiger partial charge is 0.361 e. The lowest BCUT2D eigenvalue weighted by Gasteiger charge is -2.20. The molecule has 30 heavy (non-hydrogen) atoms. The van der Waals surface area contributed by atoms with E-state index in [0.717, 1.165) is 11.1 Å². The molecular weight excluding hydrogens is 384 g/mol. The summed E-state index contributed by atoms with van der Waals surface area (Å²) >= 11 is 0. The summed E-state index contributed by atoms with van der Waals surface area (Å²) in [5, 5.41) is 9.43. The molecule has 1 aromatic heterocycles. The zero-order chi connectivity index (χ0) is 21.7. The Kier molecular flexibility index (Phi) is 6.20. The zero-order valence-corrected chi connectivity index (χ0v) is 17.1. The van der Waals surface area contributed by atoms with Crippen LogP contribution in [0.1, 0.15) is 48.2 Å². The summed E-state index contributed by atoms with van der Waals surface area (Å²) in [6.07, 6.45) is 0.268. The topological polar surface area (TPSA) is 102 Å². The Morgan fingerprint density at radius 1 is 1.03 bits per heavy atom. The number of ether oxygens (including phenoxy) is 2. The molecule has 0 aliphatic carbocycles. The molecule has 0 bridgehead atoms. The fraction of sp³-hybridized carbons (Fsp3) is 0.261. The first kappa shape index (κ1) is 21.1. The molecule has 3 rings (SSSR count). The van der Waals surface area contributed by atoms with Crippen LogP contribution < -0.4 is 10.3 Å². The lowest BCUT2D eigenvalue weighted by molar-refractivity contribution is 0.00572.